The van der Waals surface area contributed by atoms with Crippen LogP contribution in [-0.4, -0.2) is 16.1 Å². The normalized spacial score (nSPS) is 10.1. The van der Waals surface area contributed by atoms with E-state index in [0.29, 0.717) is 13.0 Å². The molecule has 0 unspecified atom stereocenters. The summed E-state index contributed by atoms with van der Waals surface area (Å²) in [5.41, 5.74) is 0.981. The molecule has 0 saturated heterocycles. The maximum Gasteiger partial charge on any atom is 0.225 e. The summed E-state index contributed by atoms with van der Waals surface area (Å²) in [5, 5.41) is 11.3. The van der Waals surface area contributed by atoms with Crippen LogP contribution >= 0.6 is 11.3 Å². The quantitative estimate of drug-likeness (QED) is 0.818. The molecule has 4 nitrogen and oxygen atoms in total. The first kappa shape index (κ1) is 9.92. The van der Waals surface area contributed by atoms with Gasteiger partial charge in [-0.15, -0.1) is 11.3 Å². The summed E-state index contributed by atoms with van der Waals surface area (Å²) >= 11 is 1.60. The fourth-order valence-corrected chi connectivity index (χ4v) is 1.91. The molecule has 0 bridgehead atoms. The molecule has 0 fully saturated rings. The van der Waals surface area contributed by atoms with Crippen LogP contribution in [0.25, 0.3) is 0 Å². The van der Waals surface area contributed by atoms with Gasteiger partial charge < -0.3 is 5.32 Å². The van der Waals surface area contributed by atoms with Gasteiger partial charge in [-0.05, 0) is 11.4 Å². The molecule has 0 aliphatic carbocycles. The third-order valence-corrected chi connectivity index (χ3v) is 2.84. The Kier molecular flexibility index (Phi) is 3.14. The lowest BCUT2D eigenvalue weighted by molar-refractivity contribution is -0.120. The number of nitrogens with zero attached hydrogens (tertiary/aromatic N) is 1. The van der Waals surface area contributed by atoms with Crippen LogP contribution in [0.4, 0.5) is 0 Å². The third-order valence-electron chi connectivity index (χ3n) is 1.96. The monoisotopic (exact) mass is 221 g/mol. The largest absolute Gasteiger partial charge is 0.352 e. The third kappa shape index (κ3) is 2.92. The number of amides is 1. The van der Waals surface area contributed by atoms with Crippen molar-refractivity contribution in [2.75, 3.05) is 0 Å². The van der Waals surface area contributed by atoms with Crippen molar-refractivity contribution >= 4 is 17.2 Å². The highest BCUT2D eigenvalue weighted by Gasteiger charge is 2.03. The molecule has 1 amide bonds. The molecule has 0 spiro atoms. The molecule has 0 radical (unpaired) electrons. The molecule has 15 heavy (non-hydrogen) atoms. The average molecular weight is 221 g/mol. The first-order chi connectivity index (χ1) is 7.34. The lowest BCUT2D eigenvalue weighted by atomic mass is 10.3. The predicted octanol–water partition coefficient (Wildman–Crippen LogP) is 1.33. The van der Waals surface area contributed by atoms with E-state index in [0.717, 1.165) is 10.4 Å². The summed E-state index contributed by atoms with van der Waals surface area (Å²) in [6.07, 6.45) is 3.92. The zero-order valence-corrected chi connectivity index (χ0v) is 8.88. The summed E-state index contributed by atoms with van der Waals surface area (Å²) < 4.78 is 0. The number of thiophene rings is 1. The van der Waals surface area contributed by atoms with E-state index in [1.807, 2.05) is 17.5 Å². The number of hydrogen-bond donors (Lipinski definition) is 2. The van der Waals surface area contributed by atoms with Gasteiger partial charge in [0, 0.05) is 23.2 Å². The molecule has 0 aromatic carbocycles. The molecule has 78 valence electrons. The Morgan fingerprint density at radius 3 is 3.20 bits per heavy atom. The van der Waals surface area contributed by atoms with Crippen molar-refractivity contribution in [3.8, 4) is 0 Å². The summed E-state index contributed by atoms with van der Waals surface area (Å²) in [5.74, 6) is 0.0404. The van der Waals surface area contributed by atoms with Crippen LogP contribution in [0.1, 0.15) is 10.4 Å². The second kappa shape index (κ2) is 4.75. The van der Waals surface area contributed by atoms with E-state index < -0.39 is 0 Å². The van der Waals surface area contributed by atoms with Crippen LogP contribution in [0, 0.1) is 0 Å². The Labute approximate surface area is 91.3 Å². The predicted molar refractivity (Wildman–Crippen MR) is 58.5 cm³/mol. The Bertz CT molecular complexity index is 408. The molecule has 2 aromatic heterocycles. The summed E-state index contributed by atoms with van der Waals surface area (Å²) in [4.78, 5) is 12.6. The maximum atomic E-state index is 11.5. The topological polar surface area (TPSA) is 57.8 Å². The van der Waals surface area contributed by atoms with Gasteiger partial charge in [0.2, 0.25) is 5.91 Å². The molecular formula is C10H11N3OS. The summed E-state index contributed by atoms with van der Waals surface area (Å²) in [6.45, 7) is 0.528. The van der Waals surface area contributed by atoms with Gasteiger partial charge in [-0.25, -0.2) is 0 Å². The molecule has 0 aliphatic rings. The van der Waals surface area contributed by atoms with Crippen LogP contribution < -0.4 is 5.32 Å². The lowest BCUT2D eigenvalue weighted by Crippen LogP contribution is -2.23. The van der Waals surface area contributed by atoms with Gasteiger partial charge in [0.15, 0.2) is 0 Å². The Morgan fingerprint density at radius 2 is 2.53 bits per heavy atom. The van der Waals surface area contributed by atoms with Crippen LogP contribution in [-0.2, 0) is 17.8 Å². The minimum atomic E-state index is 0.0404. The van der Waals surface area contributed by atoms with Crippen molar-refractivity contribution in [2.24, 2.45) is 0 Å². The summed E-state index contributed by atoms with van der Waals surface area (Å²) in [7, 11) is 0. The molecule has 5 heteroatoms. The van der Waals surface area contributed by atoms with Crippen LogP contribution in [0.15, 0.2) is 29.9 Å². The van der Waals surface area contributed by atoms with Gasteiger partial charge in [0.25, 0.3) is 0 Å². The van der Waals surface area contributed by atoms with Crippen LogP contribution in [0.5, 0.6) is 0 Å². The van der Waals surface area contributed by atoms with Gasteiger partial charge in [-0.3, -0.25) is 9.89 Å². The van der Waals surface area contributed by atoms with Crippen molar-refractivity contribution in [3.05, 3.63) is 40.3 Å². The zero-order chi connectivity index (χ0) is 10.5. The Hall–Kier alpha value is -1.62. The number of H-pyrrole nitrogens is 1. The molecule has 0 saturated carbocycles. The number of rotatable bonds is 4. The highest BCUT2D eigenvalue weighted by molar-refractivity contribution is 7.10. The van der Waals surface area contributed by atoms with E-state index in [-0.39, 0.29) is 5.91 Å². The molecular weight excluding hydrogens is 210 g/mol. The Morgan fingerprint density at radius 1 is 1.60 bits per heavy atom. The standard InChI is InChI=1S/C10H11N3OS/c14-10(4-9-2-1-3-15-9)11-5-8-6-12-13-7-8/h1-3,6-7H,4-5H2,(H,11,14)(H,12,13). The van der Waals surface area contributed by atoms with Crippen molar-refractivity contribution in [3.63, 3.8) is 0 Å². The number of aromatic amines is 1. The van der Waals surface area contributed by atoms with E-state index in [2.05, 4.69) is 15.5 Å². The second-order valence-corrected chi connectivity index (χ2v) is 4.17. The van der Waals surface area contributed by atoms with Gasteiger partial charge in [-0.2, -0.15) is 5.10 Å². The van der Waals surface area contributed by atoms with Crippen LogP contribution in [0.2, 0.25) is 0 Å². The van der Waals surface area contributed by atoms with E-state index in [9.17, 15) is 4.79 Å². The fourth-order valence-electron chi connectivity index (χ4n) is 1.21. The molecule has 2 rings (SSSR count). The van der Waals surface area contributed by atoms with E-state index in [4.69, 9.17) is 0 Å². The lowest BCUT2D eigenvalue weighted by Gasteiger charge is -2.01. The van der Waals surface area contributed by atoms with Crippen molar-refractivity contribution in [1.82, 2.24) is 15.5 Å². The van der Waals surface area contributed by atoms with E-state index in [1.54, 1.807) is 23.7 Å². The number of hydrogen-bond acceptors (Lipinski definition) is 3. The molecule has 2 heterocycles. The highest BCUT2D eigenvalue weighted by atomic mass is 32.1. The average Bonchev–Trinajstić information content (AvgIpc) is 2.86. The van der Waals surface area contributed by atoms with Gasteiger partial charge in [-0.1, -0.05) is 6.07 Å². The number of nitrogens with one attached hydrogen (secondary N) is 2. The van der Waals surface area contributed by atoms with Crippen molar-refractivity contribution in [2.45, 2.75) is 13.0 Å². The second-order valence-electron chi connectivity index (χ2n) is 3.14. The van der Waals surface area contributed by atoms with Gasteiger partial charge >= 0.3 is 0 Å². The molecule has 0 aliphatic heterocycles. The van der Waals surface area contributed by atoms with Crippen molar-refractivity contribution < 1.29 is 4.79 Å². The van der Waals surface area contributed by atoms with E-state index >= 15 is 0 Å². The summed E-state index contributed by atoms with van der Waals surface area (Å²) in [6, 6.07) is 3.91. The minimum absolute atomic E-state index is 0.0404. The van der Waals surface area contributed by atoms with Crippen molar-refractivity contribution in [1.29, 1.82) is 0 Å². The van der Waals surface area contributed by atoms with E-state index in [1.165, 1.54) is 0 Å². The zero-order valence-electron chi connectivity index (χ0n) is 8.06. The molecule has 0 atom stereocenters. The number of carbonyl (C=O) groups excluding carboxylic acids is 1. The first-order valence-corrected chi connectivity index (χ1v) is 5.49. The SMILES string of the molecule is O=C(Cc1cccs1)NCc1cn[nH]c1. The van der Waals surface area contributed by atoms with Gasteiger partial charge in [0.1, 0.15) is 0 Å². The Balaban J connectivity index is 1.78. The molecule has 2 aromatic rings. The first-order valence-electron chi connectivity index (χ1n) is 4.61. The minimum Gasteiger partial charge on any atom is -0.352 e. The fraction of sp³-hybridized carbons (Fsp3) is 0.200. The number of aromatic nitrogens is 2. The highest BCUT2D eigenvalue weighted by Crippen LogP contribution is 2.08. The van der Waals surface area contributed by atoms with Gasteiger partial charge in [0.05, 0.1) is 12.6 Å². The smallest absolute Gasteiger partial charge is 0.225 e. The molecule has 2 N–H and O–H groups in total. The number of carbonyl (C=O) groups is 1. The van der Waals surface area contributed by atoms with Crippen LogP contribution in [0.3, 0.4) is 0 Å². The maximum absolute atomic E-state index is 11.5.